The molecule has 0 aromatic heterocycles. The van der Waals surface area contributed by atoms with Crippen molar-refractivity contribution >= 4 is 36.0 Å². The van der Waals surface area contributed by atoms with Crippen LogP contribution in [0.5, 0.6) is 5.75 Å². The predicted octanol–water partition coefficient (Wildman–Crippen LogP) is 3.17. The number of rotatable bonds is 6. The molecule has 0 saturated carbocycles. The van der Waals surface area contributed by atoms with Gasteiger partial charge in [-0.05, 0) is 45.7 Å². The Hall–Kier alpha value is -1.71. The Kier molecular flexibility index (Phi) is 11.0. The summed E-state index contributed by atoms with van der Waals surface area (Å²) >= 11 is 0. The summed E-state index contributed by atoms with van der Waals surface area (Å²) in [6.45, 7) is 8.36. The number of hydrogen-bond donors (Lipinski definition) is 2. The highest BCUT2D eigenvalue weighted by atomic mass is 127. The summed E-state index contributed by atoms with van der Waals surface area (Å²) in [5, 5.41) is 6.74. The highest BCUT2D eigenvalue weighted by Gasteiger charge is 2.24. The Labute approximate surface area is 185 Å². The fraction of sp³-hybridized carbons (Fsp3) is 0.600. The average molecular weight is 504 g/mol. The van der Waals surface area contributed by atoms with Gasteiger partial charge in [-0.2, -0.15) is 0 Å². The number of nitrogens with zero attached hydrogens (tertiary/aromatic N) is 2. The van der Waals surface area contributed by atoms with Crippen molar-refractivity contribution < 1.29 is 14.3 Å². The minimum atomic E-state index is -0.222. The zero-order chi connectivity index (χ0) is 19.6. The van der Waals surface area contributed by atoms with E-state index in [0.29, 0.717) is 26.2 Å². The van der Waals surface area contributed by atoms with Crippen molar-refractivity contribution in [3.05, 3.63) is 29.8 Å². The van der Waals surface area contributed by atoms with Crippen molar-refractivity contribution in [2.24, 2.45) is 4.99 Å². The second-order valence-corrected chi connectivity index (χ2v) is 6.80. The maximum Gasteiger partial charge on any atom is 0.409 e. The van der Waals surface area contributed by atoms with Crippen LogP contribution in [0.15, 0.2) is 29.3 Å². The van der Waals surface area contributed by atoms with Gasteiger partial charge in [0.25, 0.3) is 0 Å². The summed E-state index contributed by atoms with van der Waals surface area (Å²) < 4.78 is 11.0. The zero-order valence-electron chi connectivity index (χ0n) is 17.2. The van der Waals surface area contributed by atoms with Gasteiger partial charge in [0, 0.05) is 26.2 Å². The maximum absolute atomic E-state index is 11.8. The summed E-state index contributed by atoms with van der Waals surface area (Å²) in [7, 11) is 1.76. The van der Waals surface area contributed by atoms with Crippen LogP contribution in [0.3, 0.4) is 0 Å². The van der Waals surface area contributed by atoms with Gasteiger partial charge in [-0.1, -0.05) is 17.7 Å². The van der Waals surface area contributed by atoms with Gasteiger partial charge in [0.2, 0.25) is 0 Å². The number of aliphatic imine (C=N–C) groups is 1. The van der Waals surface area contributed by atoms with Gasteiger partial charge in [0.1, 0.15) is 11.9 Å². The molecule has 1 saturated heterocycles. The molecule has 2 N–H and O–H groups in total. The minimum Gasteiger partial charge on any atom is -0.489 e. The van der Waals surface area contributed by atoms with Crippen LogP contribution in [-0.2, 0) is 4.74 Å². The summed E-state index contributed by atoms with van der Waals surface area (Å²) in [5.41, 5.74) is 1.21. The van der Waals surface area contributed by atoms with Crippen LogP contribution in [0.2, 0.25) is 0 Å². The molecule has 1 aromatic rings. The summed E-state index contributed by atoms with van der Waals surface area (Å²) in [6.07, 6.45) is 1.53. The van der Waals surface area contributed by atoms with Crippen LogP contribution in [-0.4, -0.2) is 62.4 Å². The number of carbonyl (C=O) groups excluding carboxylic acids is 1. The Bertz CT molecular complexity index is 616. The standard InChI is InChI=1S/C20H32N4O3.HI/c1-5-26-20(25)24-12-10-17(11-13-24)23-19(21-4)22-14-16(3)27-18-8-6-15(2)7-9-18;/h6-9,16-17H,5,10-14H2,1-4H3,(H2,21,22,23);1H. The van der Waals surface area contributed by atoms with Crippen LogP contribution in [0.1, 0.15) is 32.3 Å². The average Bonchev–Trinajstić information content (AvgIpc) is 2.67. The van der Waals surface area contributed by atoms with Gasteiger partial charge in [-0.3, -0.25) is 4.99 Å². The lowest BCUT2D eigenvalue weighted by Crippen LogP contribution is -2.50. The molecule has 1 fully saturated rings. The van der Waals surface area contributed by atoms with E-state index in [2.05, 4.69) is 22.5 Å². The molecule has 0 radical (unpaired) electrons. The molecule has 28 heavy (non-hydrogen) atoms. The van der Waals surface area contributed by atoms with E-state index >= 15 is 0 Å². The van der Waals surface area contributed by atoms with Crippen molar-refractivity contribution in [3.63, 3.8) is 0 Å². The number of piperidine rings is 1. The lowest BCUT2D eigenvalue weighted by atomic mass is 10.1. The first-order chi connectivity index (χ1) is 13.0. The molecule has 1 unspecified atom stereocenters. The van der Waals surface area contributed by atoms with Crippen molar-refractivity contribution in [2.45, 2.75) is 45.8 Å². The number of amides is 1. The third-order valence-electron chi connectivity index (χ3n) is 4.50. The predicted molar refractivity (Wildman–Crippen MR) is 123 cm³/mol. The number of nitrogens with one attached hydrogen (secondary N) is 2. The van der Waals surface area contributed by atoms with Crippen LogP contribution in [0, 0.1) is 6.92 Å². The Morgan fingerprint density at radius 1 is 1.29 bits per heavy atom. The Morgan fingerprint density at radius 3 is 2.50 bits per heavy atom. The number of guanidine groups is 1. The van der Waals surface area contributed by atoms with E-state index in [1.54, 1.807) is 11.9 Å². The van der Waals surface area contributed by atoms with Gasteiger partial charge in [-0.15, -0.1) is 24.0 Å². The molecule has 0 aliphatic carbocycles. The molecule has 1 aromatic carbocycles. The lowest BCUT2D eigenvalue weighted by Gasteiger charge is -2.32. The van der Waals surface area contributed by atoms with Gasteiger partial charge >= 0.3 is 6.09 Å². The quantitative estimate of drug-likeness (QED) is 0.354. The van der Waals surface area contributed by atoms with E-state index in [1.807, 2.05) is 38.1 Å². The van der Waals surface area contributed by atoms with E-state index in [1.165, 1.54) is 5.56 Å². The molecule has 1 heterocycles. The maximum atomic E-state index is 11.8. The monoisotopic (exact) mass is 504 g/mol. The number of halogens is 1. The zero-order valence-corrected chi connectivity index (χ0v) is 19.6. The Morgan fingerprint density at radius 2 is 1.93 bits per heavy atom. The van der Waals surface area contributed by atoms with Crippen molar-refractivity contribution in [1.82, 2.24) is 15.5 Å². The third kappa shape index (κ3) is 8.12. The van der Waals surface area contributed by atoms with Crippen LogP contribution < -0.4 is 15.4 Å². The van der Waals surface area contributed by atoms with E-state index in [4.69, 9.17) is 9.47 Å². The first-order valence-electron chi connectivity index (χ1n) is 9.64. The van der Waals surface area contributed by atoms with E-state index in [9.17, 15) is 4.79 Å². The summed E-state index contributed by atoms with van der Waals surface area (Å²) in [5.74, 6) is 1.62. The fourth-order valence-electron chi connectivity index (χ4n) is 2.94. The summed E-state index contributed by atoms with van der Waals surface area (Å²) in [6, 6.07) is 8.33. The number of carbonyl (C=O) groups is 1. The van der Waals surface area contributed by atoms with Crippen molar-refractivity contribution in [1.29, 1.82) is 0 Å². The Balaban J connectivity index is 0.00000392. The molecule has 1 aliphatic heterocycles. The van der Waals surface area contributed by atoms with Crippen molar-refractivity contribution in [3.8, 4) is 5.75 Å². The third-order valence-corrected chi connectivity index (χ3v) is 4.50. The minimum absolute atomic E-state index is 0. The first kappa shape index (κ1) is 24.3. The van der Waals surface area contributed by atoms with Crippen molar-refractivity contribution in [2.75, 3.05) is 33.3 Å². The van der Waals surface area contributed by atoms with Crippen LogP contribution in [0.4, 0.5) is 4.79 Å². The fourth-order valence-corrected chi connectivity index (χ4v) is 2.94. The molecule has 7 nitrogen and oxygen atoms in total. The van der Waals surface area contributed by atoms with E-state index in [0.717, 1.165) is 24.6 Å². The molecule has 2 rings (SSSR count). The molecule has 1 aliphatic rings. The number of hydrogen-bond acceptors (Lipinski definition) is 4. The highest BCUT2D eigenvalue weighted by Crippen LogP contribution is 2.13. The van der Waals surface area contributed by atoms with Gasteiger partial charge < -0.3 is 25.0 Å². The SMILES string of the molecule is CCOC(=O)N1CCC(NC(=NC)NCC(C)Oc2ccc(C)cc2)CC1.I. The highest BCUT2D eigenvalue weighted by molar-refractivity contribution is 14.0. The molecule has 1 amide bonds. The molecular formula is C20H33IN4O3. The molecule has 8 heteroatoms. The molecule has 0 bridgehead atoms. The normalized spacial score (nSPS) is 16.0. The van der Waals surface area contributed by atoms with Crippen LogP contribution >= 0.6 is 24.0 Å². The van der Waals surface area contributed by atoms with Gasteiger partial charge in [0.15, 0.2) is 5.96 Å². The molecule has 158 valence electrons. The van der Waals surface area contributed by atoms with Gasteiger partial charge in [0.05, 0.1) is 13.2 Å². The topological polar surface area (TPSA) is 75.2 Å². The molecule has 1 atom stereocenters. The summed E-state index contributed by atoms with van der Waals surface area (Å²) in [4.78, 5) is 17.8. The number of benzene rings is 1. The first-order valence-corrected chi connectivity index (χ1v) is 9.64. The van der Waals surface area contributed by atoms with E-state index < -0.39 is 0 Å². The molecule has 0 spiro atoms. The second-order valence-electron chi connectivity index (χ2n) is 6.80. The molecular weight excluding hydrogens is 471 g/mol. The largest absolute Gasteiger partial charge is 0.489 e. The van der Waals surface area contributed by atoms with Crippen LogP contribution in [0.25, 0.3) is 0 Å². The second kappa shape index (κ2) is 12.7. The smallest absolute Gasteiger partial charge is 0.409 e. The van der Waals surface area contributed by atoms with Gasteiger partial charge in [-0.25, -0.2) is 4.79 Å². The number of ether oxygens (including phenoxy) is 2. The lowest BCUT2D eigenvalue weighted by molar-refractivity contribution is 0.0963. The number of likely N-dealkylation sites (tertiary alicyclic amines) is 1. The van der Waals surface area contributed by atoms with E-state index in [-0.39, 0.29) is 42.2 Å². The number of aryl methyl sites for hydroxylation is 1.